The van der Waals surface area contributed by atoms with E-state index >= 15 is 0 Å². The zero-order valence-electron chi connectivity index (χ0n) is 12.2. The van der Waals surface area contributed by atoms with E-state index in [2.05, 4.69) is 27.8 Å². The van der Waals surface area contributed by atoms with E-state index in [1.165, 1.54) is 15.6 Å². The highest BCUT2D eigenvalue weighted by Crippen LogP contribution is 2.34. The maximum atomic E-state index is 12.7. The Kier molecular flexibility index (Phi) is 6.13. The summed E-state index contributed by atoms with van der Waals surface area (Å²) in [6.45, 7) is 4.69. The molecule has 4 nitrogen and oxygen atoms in total. The van der Waals surface area contributed by atoms with Crippen LogP contribution in [0.5, 0.6) is 0 Å². The molecule has 1 saturated heterocycles. The monoisotopic (exact) mass is 414 g/mol. The van der Waals surface area contributed by atoms with Gasteiger partial charge in [0.2, 0.25) is 10.0 Å². The summed E-state index contributed by atoms with van der Waals surface area (Å²) in [5, 5.41) is 0. The maximum Gasteiger partial charge on any atom is 0.244 e. The molecule has 1 atom stereocenters. The predicted molar refractivity (Wildman–Crippen MR) is 91.7 cm³/mol. The van der Waals surface area contributed by atoms with Crippen molar-refractivity contribution in [1.82, 2.24) is 9.21 Å². The van der Waals surface area contributed by atoms with E-state index in [4.69, 9.17) is 11.6 Å². The first-order chi connectivity index (χ1) is 9.90. The number of hydrogen-bond acceptors (Lipinski definition) is 4. The van der Waals surface area contributed by atoms with Crippen LogP contribution in [0.15, 0.2) is 14.7 Å². The van der Waals surface area contributed by atoms with Crippen LogP contribution >= 0.6 is 38.9 Å². The second-order valence-corrected chi connectivity index (χ2v) is 9.93. The zero-order valence-corrected chi connectivity index (χ0v) is 16.2. The summed E-state index contributed by atoms with van der Waals surface area (Å²) in [4.78, 5) is 3.53. The smallest absolute Gasteiger partial charge is 0.244 e. The molecule has 1 aliphatic rings. The first kappa shape index (κ1) is 17.7. The number of thiophene rings is 1. The van der Waals surface area contributed by atoms with Gasteiger partial charge in [-0.15, -0.1) is 22.9 Å². The lowest BCUT2D eigenvalue weighted by Gasteiger charge is -2.27. The molecule has 21 heavy (non-hydrogen) atoms. The van der Waals surface area contributed by atoms with Crippen LogP contribution in [0.3, 0.4) is 0 Å². The lowest BCUT2D eigenvalue weighted by Crippen LogP contribution is -2.41. The summed E-state index contributed by atoms with van der Waals surface area (Å²) in [7, 11) is -1.81. The normalized spacial score (nSPS) is 20.5. The molecule has 0 N–H and O–H groups in total. The van der Waals surface area contributed by atoms with Crippen LogP contribution in [0.25, 0.3) is 0 Å². The van der Waals surface area contributed by atoms with E-state index in [9.17, 15) is 8.42 Å². The van der Waals surface area contributed by atoms with Crippen molar-refractivity contribution in [3.8, 4) is 0 Å². The Bertz CT molecular complexity index is 591. The van der Waals surface area contributed by atoms with Crippen molar-refractivity contribution in [2.24, 2.45) is 0 Å². The van der Waals surface area contributed by atoms with Gasteiger partial charge in [-0.05, 0) is 47.9 Å². The van der Waals surface area contributed by atoms with Crippen molar-refractivity contribution in [1.29, 1.82) is 0 Å². The van der Waals surface area contributed by atoms with Crippen molar-refractivity contribution in [2.75, 3.05) is 26.7 Å². The van der Waals surface area contributed by atoms with Gasteiger partial charge < -0.3 is 0 Å². The summed E-state index contributed by atoms with van der Waals surface area (Å²) >= 11 is 10.5. The van der Waals surface area contributed by atoms with Crippen molar-refractivity contribution >= 4 is 48.9 Å². The van der Waals surface area contributed by atoms with Crippen molar-refractivity contribution in [3.63, 3.8) is 0 Å². The van der Waals surface area contributed by atoms with Crippen LogP contribution in [0.2, 0.25) is 0 Å². The third-order valence-electron chi connectivity index (χ3n) is 3.90. The predicted octanol–water partition coefficient (Wildman–Crippen LogP) is 3.35. The molecule has 0 amide bonds. The molecule has 0 radical (unpaired) electrons. The molecule has 1 aromatic heterocycles. The second kappa shape index (κ2) is 7.27. The molecule has 1 aliphatic heterocycles. The number of halogens is 2. The summed E-state index contributed by atoms with van der Waals surface area (Å²) in [6, 6.07) is 1.99. The molecule has 0 saturated carbocycles. The molecule has 0 aliphatic carbocycles. The summed E-state index contributed by atoms with van der Waals surface area (Å²) in [6.07, 6.45) is 2.20. The van der Waals surface area contributed by atoms with Gasteiger partial charge in [0.15, 0.2) is 0 Å². The third-order valence-corrected chi connectivity index (χ3v) is 8.42. The fraction of sp³-hybridized carbons (Fsp3) is 0.692. The Morgan fingerprint density at radius 2 is 2.29 bits per heavy atom. The van der Waals surface area contributed by atoms with Gasteiger partial charge in [-0.1, -0.05) is 6.92 Å². The number of nitrogens with zero attached hydrogens (tertiary/aromatic N) is 2. The maximum absolute atomic E-state index is 12.7. The van der Waals surface area contributed by atoms with Gasteiger partial charge in [0.05, 0.1) is 9.67 Å². The number of likely N-dealkylation sites (tertiary alicyclic amines) is 1. The minimum atomic E-state index is -3.47. The first-order valence-corrected chi connectivity index (χ1v) is 10.5. The van der Waals surface area contributed by atoms with Crippen LogP contribution < -0.4 is 0 Å². The van der Waals surface area contributed by atoms with E-state index in [1.54, 1.807) is 13.1 Å². The Balaban J connectivity index is 2.16. The highest BCUT2D eigenvalue weighted by atomic mass is 79.9. The molecule has 0 spiro atoms. The van der Waals surface area contributed by atoms with Crippen LogP contribution in [-0.2, 0) is 15.9 Å². The van der Waals surface area contributed by atoms with Crippen molar-refractivity contribution in [2.45, 2.75) is 36.6 Å². The van der Waals surface area contributed by atoms with E-state index < -0.39 is 10.0 Å². The number of hydrogen-bond donors (Lipinski definition) is 0. The molecule has 1 fully saturated rings. The Morgan fingerprint density at radius 1 is 1.57 bits per heavy atom. The number of likely N-dealkylation sites (N-methyl/N-ethyl adjacent to an activating group) is 2. The number of alkyl halides is 1. The quantitative estimate of drug-likeness (QED) is 0.669. The SMILES string of the molecule is CCN1CCCC1CN(C)S(=O)(=O)c1cc(CCl)sc1Br. The molecule has 8 heteroatoms. The number of sulfonamides is 1. The van der Waals surface area contributed by atoms with Crippen molar-refractivity contribution in [3.05, 3.63) is 14.7 Å². The Labute approximate surface area is 144 Å². The van der Waals surface area contributed by atoms with Crippen LogP contribution in [-0.4, -0.2) is 50.3 Å². The van der Waals surface area contributed by atoms with Crippen LogP contribution in [0.4, 0.5) is 0 Å². The minimum Gasteiger partial charge on any atom is -0.299 e. The topological polar surface area (TPSA) is 40.6 Å². The molecule has 2 heterocycles. The summed E-state index contributed by atoms with van der Waals surface area (Å²) in [5.74, 6) is 0.328. The highest BCUT2D eigenvalue weighted by Gasteiger charge is 2.31. The van der Waals surface area contributed by atoms with Crippen LogP contribution in [0.1, 0.15) is 24.6 Å². The van der Waals surface area contributed by atoms with E-state index in [1.807, 2.05) is 0 Å². The van der Waals surface area contributed by atoms with E-state index in [-0.39, 0.29) is 0 Å². The molecular formula is C13H20BrClN2O2S2. The average Bonchev–Trinajstić information content (AvgIpc) is 3.04. The van der Waals surface area contributed by atoms with Gasteiger partial charge in [-0.25, -0.2) is 8.42 Å². The molecule has 2 rings (SSSR count). The second-order valence-electron chi connectivity index (χ2n) is 5.19. The van der Waals surface area contributed by atoms with Gasteiger partial charge >= 0.3 is 0 Å². The third kappa shape index (κ3) is 3.82. The van der Waals surface area contributed by atoms with Crippen LogP contribution in [0, 0.1) is 0 Å². The first-order valence-electron chi connectivity index (χ1n) is 6.94. The summed E-state index contributed by atoms with van der Waals surface area (Å²) in [5.41, 5.74) is 0. The average molecular weight is 416 g/mol. The number of rotatable bonds is 6. The molecule has 0 bridgehead atoms. The molecular weight excluding hydrogens is 396 g/mol. The van der Waals surface area contributed by atoms with E-state index in [0.717, 1.165) is 30.8 Å². The van der Waals surface area contributed by atoms with Gasteiger partial charge in [0, 0.05) is 24.5 Å². The van der Waals surface area contributed by atoms with Gasteiger partial charge in [0.1, 0.15) is 4.90 Å². The molecule has 1 aromatic rings. The fourth-order valence-electron chi connectivity index (χ4n) is 2.72. The zero-order chi connectivity index (χ0) is 15.6. The fourth-order valence-corrected chi connectivity index (χ4v) is 6.65. The van der Waals surface area contributed by atoms with E-state index in [0.29, 0.717) is 27.1 Å². The Hall–Kier alpha value is 0.340. The largest absolute Gasteiger partial charge is 0.299 e. The Morgan fingerprint density at radius 3 is 2.86 bits per heavy atom. The van der Waals surface area contributed by atoms with Crippen molar-refractivity contribution < 1.29 is 8.42 Å². The lowest BCUT2D eigenvalue weighted by molar-refractivity contribution is 0.237. The lowest BCUT2D eigenvalue weighted by atomic mass is 10.2. The highest BCUT2D eigenvalue weighted by molar-refractivity contribution is 9.11. The summed E-state index contributed by atoms with van der Waals surface area (Å²) < 4.78 is 27.5. The molecule has 0 aromatic carbocycles. The molecule has 1 unspecified atom stereocenters. The standard InChI is InChI=1S/C13H20BrClN2O2S2/c1-3-17-6-4-5-10(17)9-16(2)21(18,19)12-7-11(8-15)20-13(12)14/h7,10H,3-6,8-9H2,1-2H3. The van der Waals surface area contributed by atoms with Gasteiger partial charge in [-0.3, -0.25) is 4.90 Å². The van der Waals surface area contributed by atoms with Gasteiger partial charge in [-0.2, -0.15) is 4.31 Å². The van der Waals surface area contributed by atoms with Gasteiger partial charge in [0.25, 0.3) is 0 Å². The minimum absolute atomic E-state index is 0.319. The molecule has 120 valence electrons.